The summed E-state index contributed by atoms with van der Waals surface area (Å²) in [6, 6.07) is 4.18. The Labute approximate surface area is 139 Å². The molecule has 124 valence electrons. The molecule has 2 aromatic heterocycles. The Bertz CT molecular complexity index is 691. The zero-order valence-corrected chi connectivity index (χ0v) is 14.2. The molecule has 0 radical (unpaired) electrons. The lowest BCUT2D eigenvalue weighted by molar-refractivity contribution is -0.129. The van der Waals surface area contributed by atoms with E-state index in [-0.39, 0.29) is 12.5 Å². The molecule has 1 N–H and O–H groups in total. The van der Waals surface area contributed by atoms with E-state index >= 15 is 0 Å². The van der Waals surface area contributed by atoms with Gasteiger partial charge in [0.05, 0.1) is 30.8 Å². The van der Waals surface area contributed by atoms with Crippen LogP contribution in [0.1, 0.15) is 30.1 Å². The number of furan rings is 1. The first-order valence-corrected chi connectivity index (χ1v) is 8.66. The van der Waals surface area contributed by atoms with Crippen LogP contribution in [0.5, 0.6) is 0 Å². The first kappa shape index (κ1) is 16.1. The molecule has 0 atom stereocenters. The summed E-state index contributed by atoms with van der Waals surface area (Å²) >= 11 is 1.40. The van der Waals surface area contributed by atoms with E-state index < -0.39 is 0 Å². The topological polar surface area (TPSA) is 71.5 Å². The van der Waals surface area contributed by atoms with Gasteiger partial charge >= 0.3 is 0 Å². The van der Waals surface area contributed by atoms with Crippen LogP contribution in [0.25, 0.3) is 0 Å². The number of aliphatic hydroxyl groups excluding tert-OH is 1. The molecule has 1 aliphatic carbocycles. The summed E-state index contributed by atoms with van der Waals surface area (Å²) in [6.45, 7) is 2.38. The highest BCUT2D eigenvalue weighted by Crippen LogP contribution is 2.30. The largest absolute Gasteiger partial charge is 0.464 e. The average Bonchev–Trinajstić information content (AvgIpc) is 3.20. The second kappa shape index (κ2) is 6.80. The maximum atomic E-state index is 12.6. The Morgan fingerprint density at radius 1 is 1.52 bits per heavy atom. The van der Waals surface area contributed by atoms with E-state index in [1.165, 1.54) is 11.8 Å². The van der Waals surface area contributed by atoms with Crippen molar-refractivity contribution >= 4 is 17.7 Å². The molecule has 7 heteroatoms. The van der Waals surface area contributed by atoms with Crippen LogP contribution in [0.15, 0.2) is 27.9 Å². The van der Waals surface area contributed by atoms with Gasteiger partial charge < -0.3 is 19.0 Å². The molecular weight excluding hydrogens is 314 g/mol. The standard InChI is InChI=1S/C16H21N3O3S/c1-11-3-6-14(22-11)8-19(12-4-5-12)15(21)10-23-16-17-7-13(9-20)18(16)2/h3,6-7,12,20H,4-5,8-10H2,1-2H3. The molecule has 1 amide bonds. The highest BCUT2D eigenvalue weighted by Gasteiger charge is 2.33. The van der Waals surface area contributed by atoms with Crippen LogP contribution in [0.4, 0.5) is 0 Å². The van der Waals surface area contributed by atoms with Crippen molar-refractivity contribution in [3.63, 3.8) is 0 Å². The maximum absolute atomic E-state index is 12.6. The molecule has 2 heterocycles. The second-order valence-corrected chi connectivity index (χ2v) is 6.75. The van der Waals surface area contributed by atoms with Gasteiger partial charge in [0.1, 0.15) is 11.5 Å². The molecule has 23 heavy (non-hydrogen) atoms. The number of carbonyl (C=O) groups excluding carboxylic acids is 1. The van der Waals surface area contributed by atoms with Crippen molar-refractivity contribution in [2.45, 2.75) is 44.1 Å². The number of carbonyl (C=O) groups is 1. The van der Waals surface area contributed by atoms with Crippen LogP contribution in [0.2, 0.25) is 0 Å². The van der Waals surface area contributed by atoms with Gasteiger partial charge in [0, 0.05) is 13.1 Å². The van der Waals surface area contributed by atoms with Crippen molar-refractivity contribution in [2.75, 3.05) is 5.75 Å². The van der Waals surface area contributed by atoms with E-state index in [4.69, 9.17) is 4.42 Å². The molecule has 0 bridgehead atoms. The third-order valence-corrected chi connectivity index (χ3v) is 4.99. The molecule has 1 fully saturated rings. The fourth-order valence-corrected chi connectivity index (χ4v) is 3.32. The van der Waals surface area contributed by atoms with Crippen LogP contribution in [0, 0.1) is 6.92 Å². The SMILES string of the molecule is Cc1ccc(CN(C(=O)CSc2ncc(CO)n2C)C2CC2)o1. The monoisotopic (exact) mass is 335 g/mol. The van der Waals surface area contributed by atoms with Crippen molar-refractivity contribution in [3.05, 3.63) is 35.5 Å². The van der Waals surface area contributed by atoms with Gasteiger partial charge in [0.2, 0.25) is 5.91 Å². The normalized spacial score (nSPS) is 14.2. The first-order chi connectivity index (χ1) is 11.1. The fourth-order valence-electron chi connectivity index (χ4n) is 2.46. The molecule has 0 saturated heterocycles. The van der Waals surface area contributed by atoms with E-state index in [0.717, 1.165) is 35.2 Å². The van der Waals surface area contributed by atoms with E-state index in [1.807, 2.05) is 35.6 Å². The van der Waals surface area contributed by atoms with Crippen LogP contribution < -0.4 is 0 Å². The number of thioether (sulfide) groups is 1. The van der Waals surface area contributed by atoms with Gasteiger partial charge in [-0.3, -0.25) is 4.79 Å². The minimum atomic E-state index is -0.0515. The number of aromatic nitrogens is 2. The van der Waals surface area contributed by atoms with Crippen molar-refractivity contribution in [1.29, 1.82) is 0 Å². The van der Waals surface area contributed by atoms with Gasteiger partial charge in [0.15, 0.2) is 5.16 Å². The number of hydrogen-bond donors (Lipinski definition) is 1. The van der Waals surface area contributed by atoms with Gasteiger partial charge in [0.25, 0.3) is 0 Å². The quantitative estimate of drug-likeness (QED) is 0.785. The zero-order valence-electron chi connectivity index (χ0n) is 13.4. The minimum Gasteiger partial charge on any atom is -0.464 e. The number of hydrogen-bond acceptors (Lipinski definition) is 5. The lowest BCUT2D eigenvalue weighted by Crippen LogP contribution is -2.33. The lowest BCUT2D eigenvalue weighted by Gasteiger charge is -2.21. The number of aryl methyl sites for hydroxylation is 1. The van der Waals surface area contributed by atoms with Gasteiger partial charge in [-0.15, -0.1) is 0 Å². The molecule has 1 aliphatic rings. The lowest BCUT2D eigenvalue weighted by atomic mass is 10.3. The number of imidazole rings is 1. The first-order valence-electron chi connectivity index (χ1n) is 7.67. The van der Waals surface area contributed by atoms with Crippen LogP contribution in [-0.2, 0) is 25.0 Å². The molecule has 2 aromatic rings. The minimum absolute atomic E-state index is 0.0515. The zero-order chi connectivity index (χ0) is 16.4. The molecule has 6 nitrogen and oxygen atoms in total. The predicted molar refractivity (Wildman–Crippen MR) is 86.9 cm³/mol. The van der Waals surface area contributed by atoms with Crippen LogP contribution in [-0.4, -0.2) is 37.3 Å². The number of nitrogens with zero attached hydrogens (tertiary/aromatic N) is 3. The summed E-state index contributed by atoms with van der Waals surface area (Å²) in [5.41, 5.74) is 0.741. The van der Waals surface area contributed by atoms with Crippen molar-refractivity contribution in [1.82, 2.24) is 14.5 Å². The highest BCUT2D eigenvalue weighted by molar-refractivity contribution is 7.99. The van der Waals surface area contributed by atoms with E-state index in [9.17, 15) is 9.90 Å². The van der Waals surface area contributed by atoms with Gasteiger partial charge in [-0.25, -0.2) is 4.98 Å². The molecule has 0 aromatic carbocycles. The summed E-state index contributed by atoms with van der Waals surface area (Å²) < 4.78 is 7.41. The Morgan fingerprint density at radius 2 is 2.30 bits per heavy atom. The Hall–Kier alpha value is -1.73. The van der Waals surface area contributed by atoms with Gasteiger partial charge in [-0.05, 0) is 31.9 Å². The Morgan fingerprint density at radius 3 is 2.87 bits per heavy atom. The molecule has 0 aliphatic heterocycles. The Balaban J connectivity index is 1.61. The summed E-state index contributed by atoms with van der Waals surface area (Å²) in [7, 11) is 1.84. The van der Waals surface area contributed by atoms with Crippen LogP contribution >= 0.6 is 11.8 Å². The van der Waals surface area contributed by atoms with Crippen LogP contribution in [0.3, 0.4) is 0 Å². The fraction of sp³-hybridized carbons (Fsp3) is 0.500. The second-order valence-electron chi connectivity index (χ2n) is 5.80. The average molecular weight is 335 g/mol. The maximum Gasteiger partial charge on any atom is 0.233 e. The third kappa shape index (κ3) is 3.79. The van der Waals surface area contributed by atoms with Gasteiger partial charge in [-0.2, -0.15) is 0 Å². The van der Waals surface area contributed by atoms with Gasteiger partial charge in [-0.1, -0.05) is 11.8 Å². The molecule has 1 saturated carbocycles. The third-order valence-electron chi connectivity index (χ3n) is 3.96. The number of rotatable bonds is 7. The summed E-state index contributed by atoms with van der Waals surface area (Å²) in [5.74, 6) is 2.13. The predicted octanol–water partition coefficient (Wildman–Crippen LogP) is 2.10. The molecule has 0 unspecified atom stereocenters. The highest BCUT2D eigenvalue weighted by atomic mass is 32.2. The summed E-state index contributed by atoms with van der Waals surface area (Å²) in [6.07, 6.45) is 3.76. The van der Waals surface area contributed by atoms with Crippen molar-refractivity contribution < 1.29 is 14.3 Å². The molecule has 3 rings (SSSR count). The van der Waals surface area contributed by atoms with Crippen molar-refractivity contribution in [2.24, 2.45) is 7.05 Å². The van der Waals surface area contributed by atoms with Crippen molar-refractivity contribution in [3.8, 4) is 0 Å². The van der Waals surface area contributed by atoms with E-state index in [1.54, 1.807) is 6.20 Å². The smallest absolute Gasteiger partial charge is 0.233 e. The molecular formula is C16H21N3O3S. The van der Waals surface area contributed by atoms with E-state index in [0.29, 0.717) is 18.3 Å². The molecule has 0 spiro atoms. The summed E-state index contributed by atoms with van der Waals surface area (Å²) in [5, 5.41) is 9.93. The Kier molecular flexibility index (Phi) is 4.77. The number of amides is 1. The van der Waals surface area contributed by atoms with E-state index in [2.05, 4.69) is 4.98 Å². The number of aliphatic hydroxyl groups is 1. The summed E-state index contributed by atoms with van der Waals surface area (Å²) in [4.78, 5) is 18.7.